The number of ketones is 4. The maximum Gasteiger partial charge on any atom is 0.132 e. The minimum atomic E-state index is 0. The summed E-state index contributed by atoms with van der Waals surface area (Å²) in [5.41, 5.74) is 0. The molecule has 370 valence electrons. The molecule has 0 amide bonds. The van der Waals surface area contributed by atoms with Crippen LogP contribution < -0.4 is 0 Å². The van der Waals surface area contributed by atoms with Crippen LogP contribution in [-0.4, -0.2) is 76.0 Å². The maximum absolute atomic E-state index is 10.9. The summed E-state index contributed by atoms with van der Waals surface area (Å²) in [6, 6.07) is 4.16. The number of allylic oxidation sites excluding steroid dienone is 3. The fourth-order valence-electron chi connectivity index (χ4n) is 5.23. The molecule has 0 fully saturated rings. The molecule has 1 heterocycles. The molecular formula is C52H108O8S. The molecule has 4 unspecified atom stereocenters. The van der Waals surface area contributed by atoms with Crippen molar-refractivity contribution < 1.29 is 38.1 Å². The first-order chi connectivity index (χ1) is 25.3. The zero-order valence-corrected chi connectivity index (χ0v) is 35.6. The third-order valence-corrected chi connectivity index (χ3v) is 9.18. The smallest absolute Gasteiger partial charge is 0.132 e. The van der Waals surface area contributed by atoms with Gasteiger partial charge in [0.15, 0.2) is 0 Å². The van der Waals surface area contributed by atoms with Gasteiger partial charge < -0.3 is 18.9 Å². The van der Waals surface area contributed by atoms with Gasteiger partial charge in [-0.25, -0.2) is 0 Å². The molecule has 0 radical (unpaired) electrons. The van der Waals surface area contributed by atoms with Crippen LogP contribution in [0, 0.1) is 0 Å². The van der Waals surface area contributed by atoms with Gasteiger partial charge in [0.25, 0.3) is 0 Å². The zero-order valence-electron chi connectivity index (χ0n) is 34.8. The number of rotatable bonds is 30. The molecule has 1 aromatic heterocycles. The molecule has 0 N–H and O–H groups in total. The van der Waals surface area contributed by atoms with Crippen molar-refractivity contribution >= 4 is 34.5 Å². The van der Waals surface area contributed by atoms with Crippen LogP contribution in [-0.2, 0) is 44.5 Å². The SMILES string of the molecule is C.C.C.C.C.C.C.C.C=CCCC(CC(C)=O)OC.C=CCCCCC(CC(C)=O)OC.C=CCCCCCCC(CC(C)=O)OC.COC(CCc1cccs1)CC(C)=O. The molecule has 61 heavy (non-hydrogen) atoms. The first-order valence-corrected chi connectivity index (χ1v) is 20.2. The number of ether oxygens (including phenoxy) is 4. The quantitative estimate of drug-likeness (QED) is 0.0555. The number of unbranched alkanes of at least 4 members (excludes halogenated alkanes) is 6. The Morgan fingerprint density at radius 3 is 1.11 bits per heavy atom. The minimum absolute atomic E-state index is 0. The van der Waals surface area contributed by atoms with Gasteiger partial charge in [0.2, 0.25) is 0 Å². The molecule has 1 rings (SSSR count). The van der Waals surface area contributed by atoms with E-state index in [0.29, 0.717) is 25.7 Å². The van der Waals surface area contributed by atoms with Gasteiger partial charge in [0, 0.05) is 59.0 Å². The summed E-state index contributed by atoms with van der Waals surface area (Å²) in [4.78, 5) is 44.6. The number of carbonyl (C=O) groups is 4. The van der Waals surface area contributed by atoms with Crippen LogP contribution >= 0.6 is 11.3 Å². The molecule has 0 aliphatic carbocycles. The molecule has 9 heteroatoms. The van der Waals surface area contributed by atoms with Crippen molar-refractivity contribution in [2.24, 2.45) is 0 Å². The summed E-state index contributed by atoms with van der Waals surface area (Å²) < 4.78 is 20.8. The standard InChI is InChI=1S/C13H24O2.C11H16O2S.C11H20O2.C9H16O2.8CH4/c1-4-5-6-7-8-9-10-13(15-3)11-12(2)14;1-9(12)8-10(13-2)5-6-11-4-3-7-14-11;1-4-5-6-7-8-11(13-3)9-10(2)12;1-4-5-6-9(11-3)7-8(2)10;;;;;;;;/h4,13H,1,5-11H2,2-3H3;3-4,7,10H,5-6,8H2,1-2H3;4,11H,1,5-9H2,2-3H3;4,9H,1,5-7H2,2-3H3;8*1H4. The maximum atomic E-state index is 10.9. The molecule has 0 aromatic carbocycles. The predicted octanol–water partition coefficient (Wildman–Crippen LogP) is 15.9. The van der Waals surface area contributed by atoms with Crippen molar-refractivity contribution in [3.05, 3.63) is 60.4 Å². The van der Waals surface area contributed by atoms with E-state index < -0.39 is 0 Å². The number of hydrogen-bond acceptors (Lipinski definition) is 9. The lowest BCUT2D eigenvalue weighted by Crippen LogP contribution is -2.15. The number of Topliss-reactive ketones (excluding diaryl/α,β-unsaturated/α-hetero) is 4. The Balaban J connectivity index is -0.0000000585. The normalized spacial score (nSPS) is 10.9. The molecule has 0 saturated carbocycles. The fraction of sp³-hybridized carbons (Fsp3) is 0.731. The molecule has 4 atom stereocenters. The lowest BCUT2D eigenvalue weighted by molar-refractivity contribution is -0.120. The van der Waals surface area contributed by atoms with E-state index in [-0.39, 0.29) is 107 Å². The monoisotopic (exact) mass is 893 g/mol. The summed E-state index contributed by atoms with van der Waals surface area (Å²) in [5.74, 6) is 0.799. The highest BCUT2D eigenvalue weighted by atomic mass is 32.1. The zero-order chi connectivity index (χ0) is 40.7. The molecule has 0 saturated heterocycles. The summed E-state index contributed by atoms with van der Waals surface area (Å²) in [6.07, 6.45) is 23.3. The third kappa shape index (κ3) is 66.7. The van der Waals surface area contributed by atoms with Gasteiger partial charge in [0.1, 0.15) is 23.1 Å². The second kappa shape index (κ2) is 64.1. The molecular weight excluding hydrogens is 785 g/mol. The first-order valence-electron chi connectivity index (χ1n) is 19.3. The summed E-state index contributed by atoms with van der Waals surface area (Å²) >= 11 is 1.75. The van der Waals surface area contributed by atoms with E-state index in [4.69, 9.17) is 18.9 Å². The Morgan fingerprint density at radius 2 is 0.803 bits per heavy atom. The van der Waals surface area contributed by atoms with Crippen molar-refractivity contribution in [2.45, 2.75) is 227 Å². The van der Waals surface area contributed by atoms with Crippen molar-refractivity contribution in [2.75, 3.05) is 28.4 Å². The van der Waals surface area contributed by atoms with E-state index in [1.54, 1.807) is 67.5 Å². The van der Waals surface area contributed by atoms with E-state index >= 15 is 0 Å². The van der Waals surface area contributed by atoms with E-state index in [1.807, 2.05) is 24.3 Å². The molecule has 1 aromatic rings. The molecule has 0 aliphatic heterocycles. The average Bonchev–Trinajstić information content (AvgIpc) is 3.65. The first kappa shape index (κ1) is 85.7. The average molecular weight is 893 g/mol. The van der Waals surface area contributed by atoms with Gasteiger partial charge in [-0.3, -0.25) is 19.2 Å². The summed E-state index contributed by atoms with van der Waals surface area (Å²) in [7, 11) is 6.66. The Bertz CT molecular complexity index is 1050. The van der Waals surface area contributed by atoms with Crippen LogP contribution in [0.2, 0.25) is 0 Å². The van der Waals surface area contributed by atoms with Crippen LogP contribution in [0.4, 0.5) is 0 Å². The van der Waals surface area contributed by atoms with E-state index in [9.17, 15) is 19.2 Å². The van der Waals surface area contributed by atoms with Gasteiger partial charge in [0.05, 0.1) is 24.4 Å². The summed E-state index contributed by atoms with van der Waals surface area (Å²) in [5, 5.41) is 2.07. The largest absolute Gasteiger partial charge is 0.381 e. The van der Waals surface area contributed by atoms with Crippen molar-refractivity contribution in [1.82, 2.24) is 0 Å². The van der Waals surface area contributed by atoms with Crippen LogP contribution in [0.3, 0.4) is 0 Å². The fourth-order valence-corrected chi connectivity index (χ4v) is 5.96. The third-order valence-electron chi connectivity index (χ3n) is 8.25. The predicted molar refractivity (Wildman–Crippen MR) is 277 cm³/mol. The van der Waals surface area contributed by atoms with E-state index in [0.717, 1.165) is 70.6 Å². The Labute approximate surface area is 387 Å². The van der Waals surface area contributed by atoms with Gasteiger partial charge in [-0.1, -0.05) is 109 Å². The Hall–Kier alpha value is -2.56. The van der Waals surface area contributed by atoms with Gasteiger partial charge >= 0.3 is 0 Å². The van der Waals surface area contributed by atoms with Crippen LogP contribution in [0.25, 0.3) is 0 Å². The summed E-state index contributed by atoms with van der Waals surface area (Å²) in [6.45, 7) is 17.4. The van der Waals surface area contributed by atoms with Crippen LogP contribution in [0.15, 0.2) is 55.5 Å². The van der Waals surface area contributed by atoms with Gasteiger partial charge in [-0.15, -0.1) is 31.1 Å². The number of aryl methyl sites for hydroxylation is 1. The molecule has 0 aliphatic rings. The van der Waals surface area contributed by atoms with Crippen molar-refractivity contribution in [3.8, 4) is 0 Å². The number of hydrogen-bond donors (Lipinski definition) is 0. The lowest BCUT2D eigenvalue weighted by atomic mass is 10.0. The number of carbonyl (C=O) groups excluding carboxylic acids is 4. The van der Waals surface area contributed by atoms with Gasteiger partial charge in [-0.2, -0.15) is 0 Å². The lowest BCUT2D eigenvalue weighted by Gasteiger charge is -2.12. The van der Waals surface area contributed by atoms with E-state index in [1.165, 1.54) is 24.1 Å². The Kier molecular flexibility index (Phi) is 90.0. The number of methoxy groups -OCH3 is 4. The molecule has 8 nitrogen and oxygen atoms in total. The van der Waals surface area contributed by atoms with Crippen molar-refractivity contribution in [1.29, 1.82) is 0 Å². The number of thiophene rings is 1. The highest BCUT2D eigenvalue weighted by Crippen LogP contribution is 2.15. The highest BCUT2D eigenvalue weighted by molar-refractivity contribution is 7.09. The topological polar surface area (TPSA) is 105 Å². The van der Waals surface area contributed by atoms with Crippen LogP contribution in [0.1, 0.15) is 201 Å². The molecule has 0 bridgehead atoms. The van der Waals surface area contributed by atoms with E-state index in [2.05, 4.69) is 31.2 Å². The highest BCUT2D eigenvalue weighted by Gasteiger charge is 2.12. The van der Waals surface area contributed by atoms with Gasteiger partial charge in [-0.05, 0) is 103 Å². The van der Waals surface area contributed by atoms with Crippen molar-refractivity contribution in [3.63, 3.8) is 0 Å². The van der Waals surface area contributed by atoms with Crippen LogP contribution in [0.5, 0.6) is 0 Å². The second-order valence-electron chi connectivity index (χ2n) is 13.4. The Morgan fingerprint density at radius 1 is 0.492 bits per heavy atom. The molecule has 0 spiro atoms. The second-order valence-corrected chi connectivity index (χ2v) is 14.4. The minimum Gasteiger partial charge on any atom is -0.381 e.